The summed E-state index contributed by atoms with van der Waals surface area (Å²) < 4.78 is 5.60. The van der Waals surface area contributed by atoms with E-state index in [9.17, 15) is 4.79 Å². The van der Waals surface area contributed by atoms with Gasteiger partial charge < -0.3 is 15.8 Å². The molecule has 0 radical (unpaired) electrons. The van der Waals surface area contributed by atoms with Gasteiger partial charge in [-0.3, -0.25) is 4.79 Å². The molecule has 2 atom stereocenters. The van der Waals surface area contributed by atoms with E-state index in [1.165, 1.54) is 0 Å². The first-order chi connectivity index (χ1) is 8.40. The van der Waals surface area contributed by atoms with E-state index in [1.54, 1.807) is 6.92 Å². The first kappa shape index (κ1) is 14.5. The van der Waals surface area contributed by atoms with Crippen molar-refractivity contribution >= 4 is 5.91 Å². The van der Waals surface area contributed by atoms with Crippen LogP contribution in [0.5, 0.6) is 5.75 Å². The molecule has 3 N–H and O–H groups in total. The highest BCUT2D eigenvalue weighted by Gasteiger charge is 2.15. The van der Waals surface area contributed by atoms with Gasteiger partial charge >= 0.3 is 0 Å². The molecule has 0 aliphatic heterocycles. The normalized spacial score (nSPS) is 14.1. The summed E-state index contributed by atoms with van der Waals surface area (Å²) in [5, 5.41) is 2.81. The average molecular weight is 250 g/mol. The smallest absolute Gasteiger partial charge is 0.260 e. The third-order valence-electron chi connectivity index (χ3n) is 2.50. The Hall–Kier alpha value is -1.55. The minimum absolute atomic E-state index is 0.0478. The van der Waals surface area contributed by atoms with Crippen molar-refractivity contribution < 1.29 is 9.53 Å². The Bertz CT molecular complexity index is 403. The summed E-state index contributed by atoms with van der Waals surface area (Å²) in [6.07, 6.45) is -0.518. The lowest BCUT2D eigenvalue weighted by atomic mass is 10.1. The van der Waals surface area contributed by atoms with Crippen molar-refractivity contribution in [2.75, 3.05) is 0 Å². The maximum Gasteiger partial charge on any atom is 0.260 e. The molecule has 0 spiro atoms. The summed E-state index contributed by atoms with van der Waals surface area (Å²) in [6.45, 7) is 7.48. The molecule has 0 aliphatic carbocycles. The van der Waals surface area contributed by atoms with Gasteiger partial charge in [0.05, 0.1) is 0 Å². The predicted octanol–water partition coefficient (Wildman–Crippen LogP) is 2.00. The van der Waals surface area contributed by atoms with Gasteiger partial charge in [-0.05, 0) is 45.4 Å². The molecule has 18 heavy (non-hydrogen) atoms. The molecule has 2 unspecified atom stereocenters. The number of rotatable bonds is 5. The van der Waals surface area contributed by atoms with E-state index in [4.69, 9.17) is 10.5 Å². The van der Waals surface area contributed by atoms with Gasteiger partial charge in [-0.15, -0.1) is 0 Å². The number of hydrogen-bond acceptors (Lipinski definition) is 3. The van der Waals surface area contributed by atoms with E-state index in [0.717, 1.165) is 5.56 Å². The summed E-state index contributed by atoms with van der Waals surface area (Å²) >= 11 is 0. The van der Waals surface area contributed by atoms with Crippen molar-refractivity contribution in [3.63, 3.8) is 0 Å². The van der Waals surface area contributed by atoms with Crippen molar-refractivity contribution in [2.45, 2.75) is 45.9 Å². The van der Waals surface area contributed by atoms with E-state index in [-0.39, 0.29) is 18.0 Å². The second kappa shape index (κ2) is 6.40. The number of carbonyl (C=O) groups is 1. The van der Waals surface area contributed by atoms with E-state index in [1.807, 2.05) is 45.0 Å². The van der Waals surface area contributed by atoms with Gasteiger partial charge in [0.25, 0.3) is 5.91 Å². The topological polar surface area (TPSA) is 64.3 Å². The molecule has 1 aromatic rings. The highest BCUT2D eigenvalue weighted by molar-refractivity contribution is 5.80. The molecule has 1 aromatic carbocycles. The molecule has 0 heterocycles. The van der Waals surface area contributed by atoms with Crippen LogP contribution in [0.25, 0.3) is 0 Å². The van der Waals surface area contributed by atoms with Crippen molar-refractivity contribution in [2.24, 2.45) is 5.73 Å². The van der Waals surface area contributed by atoms with Crippen LogP contribution in [0.2, 0.25) is 0 Å². The Morgan fingerprint density at radius 2 is 1.94 bits per heavy atom. The fraction of sp³-hybridized carbons (Fsp3) is 0.500. The molecule has 0 saturated heterocycles. The molecule has 0 fully saturated rings. The van der Waals surface area contributed by atoms with E-state index in [0.29, 0.717) is 5.75 Å². The molecular weight excluding hydrogens is 228 g/mol. The van der Waals surface area contributed by atoms with Gasteiger partial charge in [-0.1, -0.05) is 12.1 Å². The lowest BCUT2D eigenvalue weighted by Crippen LogP contribution is -2.40. The number of nitrogens with two attached hydrogens (primary N) is 1. The lowest BCUT2D eigenvalue weighted by molar-refractivity contribution is -0.127. The third kappa shape index (κ3) is 4.37. The Morgan fingerprint density at radius 1 is 1.28 bits per heavy atom. The highest BCUT2D eigenvalue weighted by atomic mass is 16.5. The number of amides is 1. The largest absolute Gasteiger partial charge is 0.481 e. The summed E-state index contributed by atoms with van der Waals surface area (Å²) in [7, 11) is 0. The van der Waals surface area contributed by atoms with Crippen LogP contribution in [0, 0.1) is 0 Å². The van der Waals surface area contributed by atoms with Crippen molar-refractivity contribution in [3.8, 4) is 5.75 Å². The minimum Gasteiger partial charge on any atom is -0.481 e. The maximum atomic E-state index is 11.7. The van der Waals surface area contributed by atoms with Gasteiger partial charge in [-0.2, -0.15) is 0 Å². The second-order valence-corrected chi connectivity index (χ2v) is 4.78. The van der Waals surface area contributed by atoms with Gasteiger partial charge in [-0.25, -0.2) is 0 Å². The molecule has 0 bridgehead atoms. The SMILES string of the molecule is CC(C)NC(=O)C(C)Oc1cccc(C(C)N)c1. The van der Waals surface area contributed by atoms with Crippen molar-refractivity contribution in [1.29, 1.82) is 0 Å². The molecular formula is C14H22N2O2. The fourth-order valence-corrected chi connectivity index (χ4v) is 1.53. The number of carbonyl (C=O) groups excluding carboxylic acids is 1. The standard InChI is InChI=1S/C14H22N2O2/c1-9(2)16-14(17)11(4)18-13-7-5-6-12(8-13)10(3)15/h5-11H,15H2,1-4H3,(H,16,17). The number of benzene rings is 1. The third-order valence-corrected chi connectivity index (χ3v) is 2.50. The Labute approximate surface area is 109 Å². The van der Waals surface area contributed by atoms with Crippen molar-refractivity contribution in [1.82, 2.24) is 5.32 Å². The van der Waals surface area contributed by atoms with E-state index >= 15 is 0 Å². The quantitative estimate of drug-likeness (QED) is 0.840. The van der Waals surface area contributed by atoms with Gasteiger partial charge in [0, 0.05) is 12.1 Å². The van der Waals surface area contributed by atoms with Crippen LogP contribution in [0.3, 0.4) is 0 Å². The zero-order chi connectivity index (χ0) is 13.7. The molecule has 4 heteroatoms. The van der Waals surface area contributed by atoms with Crippen LogP contribution < -0.4 is 15.8 Å². The molecule has 0 saturated carbocycles. The molecule has 4 nitrogen and oxygen atoms in total. The predicted molar refractivity (Wildman–Crippen MR) is 72.4 cm³/mol. The van der Waals surface area contributed by atoms with Crippen LogP contribution >= 0.6 is 0 Å². The summed E-state index contributed by atoms with van der Waals surface area (Å²) in [6, 6.07) is 7.57. The van der Waals surface area contributed by atoms with Gasteiger partial charge in [0.15, 0.2) is 6.10 Å². The molecule has 100 valence electrons. The number of hydrogen-bond donors (Lipinski definition) is 2. The molecule has 0 aliphatic rings. The maximum absolute atomic E-state index is 11.7. The minimum atomic E-state index is -0.518. The first-order valence-electron chi connectivity index (χ1n) is 6.22. The average Bonchev–Trinajstić information content (AvgIpc) is 2.28. The van der Waals surface area contributed by atoms with Crippen LogP contribution in [-0.4, -0.2) is 18.1 Å². The monoisotopic (exact) mass is 250 g/mol. The molecule has 1 amide bonds. The van der Waals surface area contributed by atoms with E-state index < -0.39 is 6.10 Å². The fourth-order valence-electron chi connectivity index (χ4n) is 1.53. The molecule has 1 rings (SSSR count). The van der Waals surface area contributed by atoms with Crippen molar-refractivity contribution in [3.05, 3.63) is 29.8 Å². The zero-order valence-electron chi connectivity index (χ0n) is 11.4. The Balaban J connectivity index is 2.66. The second-order valence-electron chi connectivity index (χ2n) is 4.78. The molecule has 0 aromatic heterocycles. The van der Waals surface area contributed by atoms with Crippen LogP contribution in [0.4, 0.5) is 0 Å². The summed E-state index contributed by atoms with van der Waals surface area (Å²) in [4.78, 5) is 11.7. The Morgan fingerprint density at radius 3 is 2.50 bits per heavy atom. The van der Waals surface area contributed by atoms with Gasteiger partial charge in [0.1, 0.15) is 5.75 Å². The van der Waals surface area contributed by atoms with Crippen LogP contribution in [0.1, 0.15) is 39.3 Å². The van der Waals surface area contributed by atoms with Crippen LogP contribution in [-0.2, 0) is 4.79 Å². The summed E-state index contributed by atoms with van der Waals surface area (Å²) in [5.74, 6) is 0.549. The number of ether oxygens (including phenoxy) is 1. The Kier molecular flexibility index (Phi) is 5.16. The zero-order valence-corrected chi connectivity index (χ0v) is 11.4. The summed E-state index contributed by atoms with van der Waals surface area (Å²) in [5.41, 5.74) is 6.79. The lowest BCUT2D eigenvalue weighted by Gasteiger charge is -2.17. The first-order valence-corrected chi connectivity index (χ1v) is 6.22. The number of nitrogens with one attached hydrogen (secondary N) is 1. The highest BCUT2D eigenvalue weighted by Crippen LogP contribution is 2.18. The van der Waals surface area contributed by atoms with Gasteiger partial charge in [0.2, 0.25) is 0 Å². The van der Waals surface area contributed by atoms with E-state index in [2.05, 4.69) is 5.32 Å². The van der Waals surface area contributed by atoms with Crippen LogP contribution in [0.15, 0.2) is 24.3 Å².